The van der Waals surface area contributed by atoms with Gasteiger partial charge in [-0.15, -0.1) is 0 Å². The minimum Gasteiger partial charge on any atom is -0.466 e. The van der Waals surface area contributed by atoms with Gasteiger partial charge in [-0.3, -0.25) is 4.79 Å². The summed E-state index contributed by atoms with van der Waals surface area (Å²) in [4.78, 5) is 25.2. The van der Waals surface area contributed by atoms with Gasteiger partial charge in [-0.2, -0.15) is 0 Å². The van der Waals surface area contributed by atoms with Crippen LogP contribution in [0.2, 0.25) is 0 Å². The SMILES string of the molecule is CCOC(=O)[C@H]1CCCN(C(=O)NC2CC2)C1. The second-order valence-corrected chi connectivity index (χ2v) is 4.76. The molecule has 2 aliphatic rings. The number of hydrogen-bond donors (Lipinski definition) is 1. The third kappa shape index (κ3) is 3.35. The summed E-state index contributed by atoms with van der Waals surface area (Å²) >= 11 is 0. The highest BCUT2D eigenvalue weighted by molar-refractivity contribution is 5.77. The summed E-state index contributed by atoms with van der Waals surface area (Å²) in [5.41, 5.74) is 0. The molecule has 2 fully saturated rings. The molecule has 1 heterocycles. The molecular formula is C12H20N2O3. The van der Waals surface area contributed by atoms with Crippen molar-refractivity contribution >= 4 is 12.0 Å². The standard InChI is InChI=1S/C12H20N2O3/c1-2-17-11(15)9-4-3-7-14(8-9)12(16)13-10-5-6-10/h9-10H,2-8H2,1H3,(H,13,16)/t9-/m0/s1. The number of likely N-dealkylation sites (tertiary alicyclic amines) is 1. The van der Waals surface area contributed by atoms with E-state index in [0.717, 1.165) is 32.2 Å². The molecule has 5 heteroatoms. The lowest BCUT2D eigenvalue weighted by molar-refractivity contribution is -0.149. The second-order valence-electron chi connectivity index (χ2n) is 4.76. The van der Waals surface area contributed by atoms with E-state index in [1.165, 1.54) is 0 Å². The highest BCUT2D eigenvalue weighted by Gasteiger charge is 2.31. The predicted octanol–water partition coefficient (Wildman–Crippen LogP) is 1.13. The van der Waals surface area contributed by atoms with Crippen LogP contribution in [0, 0.1) is 5.92 Å². The van der Waals surface area contributed by atoms with Crippen molar-refractivity contribution in [1.29, 1.82) is 0 Å². The number of urea groups is 1. The molecule has 0 aromatic rings. The molecule has 1 atom stereocenters. The molecule has 1 saturated carbocycles. The molecule has 17 heavy (non-hydrogen) atoms. The maximum atomic E-state index is 11.8. The quantitative estimate of drug-likeness (QED) is 0.752. The number of hydrogen-bond acceptors (Lipinski definition) is 3. The van der Waals surface area contributed by atoms with E-state index >= 15 is 0 Å². The summed E-state index contributed by atoms with van der Waals surface area (Å²) in [7, 11) is 0. The van der Waals surface area contributed by atoms with Gasteiger partial charge in [0.1, 0.15) is 0 Å². The van der Waals surface area contributed by atoms with Gasteiger partial charge in [0, 0.05) is 19.1 Å². The highest BCUT2D eigenvalue weighted by atomic mass is 16.5. The normalized spacial score (nSPS) is 24.3. The van der Waals surface area contributed by atoms with Gasteiger partial charge >= 0.3 is 12.0 Å². The summed E-state index contributed by atoms with van der Waals surface area (Å²) in [6, 6.07) is 0.340. The molecule has 0 aromatic carbocycles. The Kier molecular flexibility index (Phi) is 3.86. The molecular weight excluding hydrogens is 220 g/mol. The van der Waals surface area contributed by atoms with Crippen molar-refractivity contribution in [2.45, 2.75) is 38.6 Å². The summed E-state index contributed by atoms with van der Waals surface area (Å²) in [6.45, 7) is 3.45. The summed E-state index contributed by atoms with van der Waals surface area (Å²) in [6.07, 6.45) is 3.87. The number of nitrogens with one attached hydrogen (secondary N) is 1. The first kappa shape index (κ1) is 12.2. The van der Waals surface area contributed by atoms with Crippen molar-refractivity contribution in [1.82, 2.24) is 10.2 Å². The number of amides is 2. The topological polar surface area (TPSA) is 58.6 Å². The first-order valence-electron chi connectivity index (χ1n) is 6.42. The molecule has 96 valence electrons. The van der Waals surface area contributed by atoms with E-state index < -0.39 is 0 Å². The van der Waals surface area contributed by atoms with E-state index in [1.807, 2.05) is 0 Å². The maximum Gasteiger partial charge on any atom is 0.317 e. The molecule has 0 aromatic heterocycles. The molecule has 0 radical (unpaired) electrons. The van der Waals surface area contributed by atoms with Gasteiger partial charge in [0.25, 0.3) is 0 Å². The van der Waals surface area contributed by atoms with Gasteiger partial charge in [-0.25, -0.2) is 4.79 Å². The lowest BCUT2D eigenvalue weighted by Gasteiger charge is -2.31. The number of piperidine rings is 1. The number of ether oxygens (including phenoxy) is 1. The molecule has 1 aliphatic carbocycles. The molecule has 0 bridgehead atoms. The molecule has 1 saturated heterocycles. The van der Waals surface area contributed by atoms with Crippen LogP contribution in [0.1, 0.15) is 32.6 Å². The van der Waals surface area contributed by atoms with Crippen molar-refractivity contribution < 1.29 is 14.3 Å². The average molecular weight is 240 g/mol. The molecule has 1 N–H and O–H groups in total. The van der Waals surface area contributed by atoms with Crippen LogP contribution in [0.3, 0.4) is 0 Å². The van der Waals surface area contributed by atoms with E-state index in [9.17, 15) is 9.59 Å². The van der Waals surface area contributed by atoms with E-state index in [4.69, 9.17) is 4.74 Å². The van der Waals surface area contributed by atoms with E-state index in [1.54, 1.807) is 11.8 Å². The van der Waals surface area contributed by atoms with Gasteiger partial charge in [0.05, 0.1) is 12.5 Å². The van der Waals surface area contributed by atoms with Crippen molar-refractivity contribution in [3.8, 4) is 0 Å². The van der Waals surface area contributed by atoms with Crippen molar-refractivity contribution in [3.05, 3.63) is 0 Å². The summed E-state index contributed by atoms with van der Waals surface area (Å²) < 4.78 is 5.01. The number of nitrogens with zero attached hydrogens (tertiary/aromatic N) is 1. The Bertz CT molecular complexity index is 302. The second kappa shape index (κ2) is 5.38. The van der Waals surface area contributed by atoms with Crippen LogP contribution in [0.15, 0.2) is 0 Å². The first-order valence-corrected chi connectivity index (χ1v) is 6.42. The Hall–Kier alpha value is -1.26. The Morgan fingerprint density at radius 3 is 2.76 bits per heavy atom. The van der Waals surface area contributed by atoms with E-state index in [2.05, 4.69) is 5.32 Å². The van der Waals surface area contributed by atoms with Crippen LogP contribution in [0.5, 0.6) is 0 Å². The third-order valence-electron chi connectivity index (χ3n) is 3.23. The van der Waals surface area contributed by atoms with Gasteiger partial charge in [0.15, 0.2) is 0 Å². The van der Waals surface area contributed by atoms with Gasteiger partial charge < -0.3 is 15.0 Å². The van der Waals surface area contributed by atoms with E-state index in [-0.39, 0.29) is 17.9 Å². The minimum absolute atomic E-state index is 0.0264. The molecule has 0 spiro atoms. The van der Waals surface area contributed by atoms with Crippen LogP contribution in [0.4, 0.5) is 4.79 Å². The van der Waals surface area contributed by atoms with Crippen LogP contribution in [-0.4, -0.2) is 42.6 Å². The van der Waals surface area contributed by atoms with Crippen LogP contribution >= 0.6 is 0 Å². The smallest absolute Gasteiger partial charge is 0.317 e. The molecule has 2 amide bonds. The first-order chi connectivity index (χ1) is 8.20. The fourth-order valence-electron chi connectivity index (χ4n) is 2.11. The maximum absolute atomic E-state index is 11.8. The van der Waals surface area contributed by atoms with Crippen LogP contribution in [-0.2, 0) is 9.53 Å². The van der Waals surface area contributed by atoms with Crippen molar-refractivity contribution in [3.63, 3.8) is 0 Å². The van der Waals surface area contributed by atoms with Crippen LogP contribution < -0.4 is 5.32 Å². The molecule has 1 aliphatic heterocycles. The zero-order valence-corrected chi connectivity index (χ0v) is 10.3. The monoisotopic (exact) mass is 240 g/mol. The van der Waals surface area contributed by atoms with E-state index in [0.29, 0.717) is 19.2 Å². The van der Waals surface area contributed by atoms with Gasteiger partial charge in [-0.05, 0) is 32.6 Å². The fourth-order valence-corrected chi connectivity index (χ4v) is 2.11. The highest BCUT2D eigenvalue weighted by Crippen LogP contribution is 2.21. The van der Waals surface area contributed by atoms with Gasteiger partial charge in [-0.1, -0.05) is 0 Å². The lowest BCUT2D eigenvalue weighted by Crippen LogP contribution is -2.47. The number of esters is 1. The molecule has 0 unspecified atom stereocenters. The Morgan fingerprint density at radius 1 is 1.35 bits per heavy atom. The Labute approximate surface area is 101 Å². The number of carbonyl (C=O) groups is 2. The predicted molar refractivity (Wildman–Crippen MR) is 62.5 cm³/mol. The molecule has 5 nitrogen and oxygen atoms in total. The lowest BCUT2D eigenvalue weighted by atomic mass is 9.98. The zero-order chi connectivity index (χ0) is 12.3. The Balaban J connectivity index is 1.82. The molecule has 2 rings (SSSR count). The largest absolute Gasteiger partial charge is 0.466 e. The summed E-state index contributed by atoms with van der Waals surface area (Å²) in [5.74, 6) is -0.315. The van der Waals surface area contributed by atoms with Crippen molar-refractivity contribution in [2.75, 3.05) is 19.7 Å². The number of carbonyl (C=O) groups excluding carboxylic acids is 2. The fraction of sp³-hybridized carbons (Fsp3) is 0.833. The average Bonchev–Trinajstić information content (AvgIpc) is 3.13. The number of rotatable bonds is 3. The van der Waals surface area contributed by atoms with Gasteiger partial charge in [0.2, 0.25) is 0 Å². The summed E-state index contributed by atoms with van der Waals surface area (Å²) in [5, 5.41) is 2.95. The van der Waals surface area contributed by atoms with Crippen LogP contribution in [0.25, 0.3) is 0 Å². The third-order valence-corrected chi connectivity index (χ3v) is 3.23. The minimum atomic E-state index is -0.170. The van der Waals surface area contributed by atoms with Crippen molar-refractivity contribution in [2.24, 2.45) is 5.92 Å². The zero-order valence-electron chi connectivity index (χ0n) is 10.3. The Morgan fingerprint density at radius 2 is 2.12 bits per heavy atom.